The minimum Gasteiger partial charge on any atom is -0.512 e. The Balaban J connectivity index is 1.88. The van der Waals surface area contributed by atoms with Crippen LogP contribution in [0.2, 0.25) is 0 Å². The lowest BCUT2D eigenvalue weighted by Gasteiger charge is -2.26. The van der Waals surface area contributed by atoms with Crippen LogP contribution in [-0.2, 0) is 4.79 Å². The predicted molar refractivity (Wildman–Crippen MR) is 50.4 cm³/mol. The van der Waals surface area contributed by atoms with Crippen molar-refractivity contribution < 1.29 is 9.90 Å². The van der Waals surface area contributed by atoms with Crippen molar-refractivity contribution in [3.63, 3.8) is 0 Å². The summed E-state index contributed by atoms with van der Waals surface area (Å²) in [5, 5.41) is 9.55. The Hall–Kier alpha value is -0.790. The number of hydrogen-bond acceptors (Lipinski definition) is 2. The van der Waals surface area contributed by atoms with E-state index in [0.29, 0.717) is 11.7 Å². The first-order valence-corrected chi connectivity index (χ1v) is 5.22. The van der Waals surface area contributed by atoms with Crippen LogP contribution in [0.5, 0.6) is 0 Å². The van der Waals surface area contributed by atoms with Crippen molar-refractivity contribution in [3.05, 3.63) is 11.8 Å². The molecule has 2 heteroatoms. The molecule has 2 saturated carbocycles. The number of aliphatic hydroxyl groups is 1. The molecule has 2 aliphatic carbocycles. The molecule has 2 fully saturated rings. The van der Waals surface area contributed by atoms with E-state index in [1.165, 1.54) is 18.9 Å². The second kappa shape index (κ2) is 3.52. The molecule has 2 aliphatic rings. The molecule has 13 heavy (non-hydrogen) atoms. The normalized spacial score (nSPS) is 25.1. The SMILES string of the molecule is O=C(C=C(O)C1CCC1)C1CCC1. The molecular formula is C11H16O2. The second-order valence-corrected chi connectivity index (χ2v) is 4.23. The monoisotopic (exact) mass is 180 g/mol. The van der Waals surface area contributed by atoms with E-state index in [-0.39, 0.29) is 11.7 Å². The number of ketones is 1. The summed E-state index contributed by atoms with van der Waals surface area (Å²) in [7, 11) is 0. The van der Waals surface area contributed by atoms with E-state index in [1.54, 1.807) is 0 Å². The Kier molecular flexibility index (Phi) is 2.38. The number of carbonyl (C=O) groups excluding carboxylic acids is 1. The van der Waals surface area contributed by atoms with Gasteiger partial charge in [-0.15, -0.1) is 0 Å². The third-order valence-corrected chi connectivity index (χ3v) is 3.32. The zero-order chi connectivity index (χ0) is 9.26. The molecule has 0 atom stereocenters. The summed E-state index contributed by atoms with van der Waals surface area (Å²) in [5.41, 5.74) is 0. The molecule has 72 valence electrons. The lowest BCUT2D eigenvalue weighted by molar-refractivity contribution is -0.120. The van der Waals surface area contributed by atoms with Gasteiger partial charge in [0.2, 0.25) is 0 Å². The van der Waals surface area contributed by atoms with E-state index in [4.69, 9.17) is 0 Å². The summed E-state index contributed by atoms with van der Waals surface area (Å²) in [6, 6.07) is 0. The van der Waals surface area contributed by atoms with Crippen LogP contribution in [0.1, 0.15) is 38.5 Å². The molecule has 0 aliphatic heterocycles. The van der Waals surface area contributed by atoms with Crippen molar-refractivity contribution in [2.45, 2.75) is 38.5 Å². The number of aliphatic hydroxyl groups excluding tert-OH is 1. The van der Waals surface area contributed by atoms with Gasteiger partial charge in [0.1, 0.15) is 0 Å². The molecule has 0 bridgehead atoms. The first-order chi connectivity index (χ1) is 6.27. The van der Waals surface area contributed by atoms with Gasteiger partial charge in [0.15, 0.2) is 5.78 Å². The Labute approximate surface area is 78.6 Å². The third kappa shape index (κ3) is 1.77. The number of rotatable bonds is 3. The maximum atomic E-state index is 11.4. The van der Waals surface area contributed by atoms with Gasteiger partial charge in [-0.2, -0.15) is 0 Å². The van der Waals surface area contributed by atoms with E-state index in [2.05, 4.69) is 0 Å². The van der Waals surface area contributed by atoms with E-state index in [9.17, 15) is 9.90 Å². The van der Waals surface area contributed by atoms with Gasteiger partial charge in [0.25, 0.3) is 0 Å². The zero-order valence-corrected chi connectivity index (χ0v) is 7.83. The lowest BCUT2D eigenvalue weighted by atomic mass is 9.79. The van der Waals surface area contributed by atoms with Crippen LogP contribution in [0, 0.1) is 11.8 Å². The Bertz CT molecular complexity index is 234. The molecular weight excluding hydrogens is 164 g/mol. The van der Waals surface area contributed by atoms with E-state index < -0.39 is 0 Å². The van der Waals surface area contributed by atoms with Crippen molar-refractivity contribution in [3.8, 4) is 0 Å². The van der Waals surface area contributed by atoms with Crippen LogP contribution in [0.3, 0.4) is 0 Å². The third-order valence-electron chi connectivity index (χ3n) is 3.32. The number of carbonyl (C=O) groups is 1. The van der Waals surface area contributed by atoms with Crippen molar-refractivity contribution in [1.29, 1.82) is 0 Å². The van der Waals surface area contributed by atoms with Gasteiger partial charge in [-0.25, -0.2) is 0 Å². The van der Waals surface area contributed by atoms with Gasteiger partial charge in [-0.3, -0.25) is 4.79 Å². The van der Waals surface area contributed by atoms with E-state index >= 15 is 0 Å². The maximum absolute atomic E-state index is 11.4. The molecule has 0 radical (unpaired) electrons. The van der Waals surface area contributed by atoms with Crippen LogP contribution in [0.25, 0.3) is 0 Å². The zero-order valence-electron chi connectivity index (χ0n) is 7.83. The summed E-state index contributed by atoms with van der Waals surface area (Å²) in [4.78, 5) is 11.4. The fourth-order valence-corrected chi connectivity index (χ4v) is 1.78. The molecule has 0 amide bonds. The second-order valence-electron chi connectivity index (χ2n) is 4.23. The average molecular weight is 180 g/mol. The first kappa shape index (κ1) is 8.79. The van der Waals surface area contributed by atoms with Crippen molar-refractivity contribution in [2.24, 2.45) is 11.8 Å². The summed E-state index contributed by atoms with van der Waals surface area (Å²) in [5.74, 6) is 1.00. The fourth-order valence-electron chi connectivity index (χ4n) is 1.78. The Morgan fingerprint density at radius 2 is 1.62 bits per heavy atom. The quantitative estimate of drug-likeness (QED) is 0.535. The molecule has 0 heterocycles. The molecule has 2 rings (SSSR count). The summed E-state index contributed by atoms with van der Waals surface area (Å²) in [6.07, 6.45) is 8.00. The van der Waals surface area contributed by atoms with Crippen LogP contribution >= 0.6 is 0 Å². The number of allylic oxidation sites excluding steroid dienone is 2. The molecule has 0 aromatic heterocycles. The fraction of sp³-hybridized carbons (Fsp3) is 0.727. The predicted octanol–water partition coefficient (Wildman–Crippen LogP) is 2.60. The highest BCUT2D eigenvalue weighted by Gasteiger charge is 2.26. The Morgan fingerprint density at radius 3 is 2.00 bits per heavy atom. The molecule has 0 aromatic rings. The topological polar surface area (TPSA) is 37.3 Å². The van der Waals surface area contributed by atoms with E-state index in [0.717, 1.165) is 25.7 Å². The van der Waals surface area contributed by atoms with Crippen molar-refractivity contribution in [2.75, 3.05) is 0 Å². The minimum atomic E-state index is 0.149. The highest BCUT2D eigenvalue weighted by molar-refractivity contribution is 5.92. The molecule has 0 spiro atoms. The highest BCUT2D eigenvalue weighted by atomic mass is 16.3. The van der Waals surface area contributed by atoms with Gasteiger partial charge in [-0.05, 0) is 25.7 Å². The summed E-state index contributed by atoms with van der Waals surface area (Å²) < 4.78 is 0. The summed E-state index contributed by atoms with van der Waals surface area (Å²) >= 11 is 0. The van der Waals surface area contributed by atoms with Crippen LogP contribution in [0.4, 0.5) is 0 Å². The standard InChI is InChI=1S/C11H16O2/c12-10(8-3-1-4-8)7-11(13)9-5-2-6-9/h7-9,12H,1-6H2. The molecule has 1 N–H and O–H groups in total. The molecule has 0 aromatic carbocycles. The smallest absolute Gasteiger partial charge is 0.162 e. The Morgan fingerprint density at radius 1 is 1.08 bits per heavy atom. The lowest BCUT2D eigenvalue weighted by Crippen LogP contribution is -2.22. The average Bonchev–Trinajstić information content (AvgIpc) is 1.76. The number of hydrogen-bond donors (Lipinski definition) is 1. The van der Waals surface area contributed by atoms with Crippen molar-refractivity contribution in [1.82, 2.24) is 0 Å². The van der Waals surface area contributed by atoms with Crippen LogP contribution in [-0.4, -0.2) is 10.9 Å². The van der Waals surface area contributed by atoms with Gasteiger partial charge in [-0.1, -0.05) is 12.8 Å². The molecule has 0 unspecified atom stereocenters. The van der Waals surface area contributed by atoms with Gasteiger partial charge < -0.3 is 5.11 Å². The highest BCUT2D eigenvalue weighted by Crippen LogP contribution is 2.33. The summed E-state index contributed by atoms with van der Waals surface area (Å²) in [6.45, 7) is 0. The van der Waals surface area contributed by atoms with Crippen LogP contribution in [0.15, 0.2) is 11.8 Å². The largest absolute Gasteiger partial charge is 0.512 e. The first-order valence-electron chi connectivity index (χ1n) is 5.22. The minimum absolute atomic E-state index is 0.149. The van der Waals surface area contributed by atoms with Gasteiger partial charge in [0.05, 0.1) is 5.76 Å². The van der Waals surface area contributed by atoms with Gasteiger partial charge in [0, 0.05) is 17.9 Å². The van der Waals surface area contributed by atoms with E-state index in [1.807, 2.05) is 0 Å². The maximum Gasteiger partial charge on any atom is 0.162 e. The molecule has 0 saturated heterocycles. The van der Waals surface area contributed by atoms with Crippen molar-refractivity contribution >= 4 is 5.78 Å². The molecule has 2 nitrogen and oxygen atoms in total. The van der Waals surface area contributed by atoms with Gasteiger partial charge >= 0.3 is 0 Å². The van der Waals surface area contributed by atoms with Crippen LogP contribution < -0.4 is 0 Å².